The molecule has 1 aliphatic heterocycles. The highest BCUT2D eigenvalue weighted by Crippen LogP contribution is 2.36. The molecule has 1 aromatic carbocycles. The second-order valence-electron chi connectivity index (χ2n) is 4.85. The van der Waals surface area contributed by atoms with Crippen molar-refractivity contribution in [3.05, 3.63) is 34.8 Å². The van der Waals surface area contributed by atoms with Crippen molar-refractivity contribution in [3.8, 4) is 5.75 Å². The summed E-state index contributed by atoms with van der Waals surface area (Å²) in [7, 11) is 2.15. The van der Waals surface area contributed by atoms with Gasteiger partial charge in [-0.3, -0.25) is 0 Å². The number of carboxylic acids is 1. The molecule has 0 amide bonds. The third-order valence-electron chi connectivity index (χ3n) is 3.41. The zero-order chi connectivity index (χ0) is 18.7. The van der Waals surface area contributed by atoms with Crippen molar-refractivity contribution in [2.24, 2.45) is 0 Å². The van der Waals surface area contributed by atoms with Crippen LogP contribution in [0.5, 0.6) is 5.75 Å². The van der Waals surface area contributed by atoms with E-state index in [9.17, 15) is 23.9 Å². The van der Waals surface area contributed by atoms with E-state index in [1.54, 1.807) is 0 Å². The number of nitrogens with zero attached hydrogens (tertiary/aromatic N) is 1. The van der Waals surface area contributed by atoms with Gasteiger partial charge in [0.15, 0.2) is 11.6 Å². The molecule has 2 rings (SSSR count). The number of phenolic OH excluding ortho intramolecular Hbond substituents is 1. The van der Waals surface area contributed by atoms with E-state index in [1.165, 1.54) is 0 Å². The highest BCUT2D eigenvalue weighted by molar-refractivity contribution is 6.04. The van der Waals surface area contributed by atoms with Crippen LogP contribution in [0.25, 0.3) is 0 Å². The zero-order valence-electron chi connectivity index (χ0n) is 13.2. The van der Waals surface area contributed by atoms with E-state index in [-0.39, 0.29) is 30.3 Å². The molecule has 0 unspecified atom stereocenters. The molecule has 0 spiro atoms. The minimum Gasteiger partial charge on any atom is -0.503 e. The van der Waals surface area contributed by atoms with Crippen LogP contribution in [0.3, 0.4) is 0 Å². The predicted molar refractivity (Wildman–Crippen MR) is 79.4 cm³/mol. The average Bonchev–Trinajstić information content (AvgIpc) is 2.61. The summed E-state index contributed by atoms with van der Waals surface area (Å²) < 4.78 is 28.2. The van der Waals surface area contributed by atoms with Crippen LogP contribution in [0.1, 0.15) is 10.4 Å². The highest BCUT2D eigenvalue weighted by Gasteiger charge is 2.34. The number of rotatable bonds is 4. The first kappa shape index (κ1) is 18.2. The molecule has 0 aromatic heterocycles. The molecule has 1 heterocycles. The molecule has 1 aliphatic rings. The lowest BCUT2D eigenvalue weighted by Gasteiger charge is -2.31. The molecular weight excluding hydrogens is 341 g/mol. The number of hydrogen-bond donors (Lipinski definition) is 2. The highest BCUT2D eigenvalue weighted by atomic mass is 19.1. The number of esters is 2. The van der Waals surface area contributed by atoms with E-state index in [0.717, 1.165) is 25.2 Å². The third kappa shape index (κ3) is 3.38. The van der Waals surface area contributed by atoms with E-state index in [2.05, 4.69) is 9.47 Å². The number of ether oxygens (including phenoxy) is 3. The van der Waals surface area contributed by atoms with Gasteiger partial charge in [-0.25, -0.2) is 18.8 Å². The molecule has 0 fully saturated rings. The summed E-state index contributed by atoms with van der Waals surface area (Å²) in [6, 6.07) is 1.56. The third-order valence-corrected chi connectivity index (χ3v) is 3.41. The van der Waals surface area contributed by atoms with Gasteiger partial charge in [-0.1, -0.05) is 0 Å². The number of anilines is 1. The molecule has 0 saturated carbocycles. The number of carboxylic acid groups (broad SMARTS) is 1. The van der Waals surface area contributed by atoms with Crippen molar-refractivity contribution in [1.29, 1.82) is 0 Å². The molecule has 0 bridgehead atoms. The molecule has 25 heavy (non-hydrogen) atoms. The standard InChI is InChI=1S/C15H14FNO8/c1-23-14(21)8-5-25-6-17(11(8)15(22)24-2)10-4-7(13(19)20)3-9(16)12(10)18/h3-4,18H,5-6H2,1-2H3,(H,19,20). The number of aromatic carboxylic acids is 1. The Morgan fingerprint density at radius 3 is 2.40 bits per heavy atom. The van der Waals surface area contributed by atoms with Gasteiger partial charge in [0, 0.05) is 0 Å². The number of methoxy groups -OCH3 is 2. The molecule has 0 radical (unpaired) electrons. The van der Waals surface area contributed by atoms with Crippen molar-refractivity contribution >= 4 is 23.6 Å². The van der Waals surface area contributed by atoms with Crippen LogP contribution >= 0.6 is 0 Å². The van der Waals surface area contributed by atoms with Crippen LogP contribution < -0.4 is 4.90 Å². The van der Waals surface area contributed by atoms with Gasteiger partial charge in [-0.05, 0) is 12.1 Å². The van der Waals surface area contributed by atoms with Crippen molar-refractivity contribution < 1.29 is 43.2 Å². The van der Waals surface area contributed by atoms with Gasteiger partial charge in [0.05, 0.1) is 37.7 Å². The van der Waals surface area contributed by atoms with Crippen LogP contribution in [0, 0.1) is 5.82 Å². The zero-order valence-corrected chi connectivity index (χ0v) is 13.2. The van der Waals surface area contributed by atoms with Crippen LogP contribution in [-0.2, 0) is 23.8 Å². The average molecular weight is 355 g/mol. The Kier molecular flexibility index (Phi) is 5.22. The monoisotopic (exact) mass is 355 g/mol. The first-order chi connectivity index (χ1) is 11.8. The van der Waals surface area contributed by atoms with Gasteiger partial charge in [-0.15, -0.1) is 0 Å². The predicted octanol–water partition coefficient (Wildman–Crippen LogP) is 0.624. The number of aromatic hydroxyl groups is 1. The minimum atomic E-state index is -1.45. The number of benzene rings is 1. The number of carbonyl (C=O) groups excluding carboxylic acids is 2. The summed E-state index contributed by atoms with van der Waals surface area (Å²) in [5.41, 5.74) is -1.42. The van der Waals surface area contributed by atoms with E-state index in [0.29, 0.717) is 6.07 Å². The Hall–Kier alpha value is -3.14. The van der Waals surface area contributed by atoms with Gasteiger partial charge in [-0.2, -0.15) is 0 Å². The van der Waals surface area contributed by atoms with E-state index < -0.39 is 35.0 Å². The quantitative estimate of drug-likeness (QED) is 0.748. The number of hydrogen-bond acceptors (Lipinski definition) is 8. The Morgan fingerprint density at radius 1 is 1.20 bits per heavy atom. The van der Waals surface area contributed by atoms with E-state index >= 15 is 0 Å². The molecular formula is C15H14FNO8. The summed E-state index contributed by atoms with van der Waals surface area (Å²) in [6.45, 7) is -0.642. The Balaban J connectivity index is 2.69. The molecule has 134 valence electrons. The topological polar surface area (TPSA) is 123 Å². The lowest BCUT2D eigenvalue weighted by molar-refractivity contribution is -0.140. The molecule has 0 atom stereocenters. The number of halogens is 1. The summed E-state index contributed by atoms with van der Waals surface area (Å²) in [5.74, 6) is -5.44. The minimum absolute atomic E-state index is 0.221. The molecule has 2 N–H and O–H groups in total. The first-order valence-corrected chi connectivity index (χ1v) is 6.82. The fraction of sp³-hybridized carbons (Fsp3) is 0.267. The van der Waals surface area contributed by atoms with Crippen molar-refractivity contribution in [2.45, 2.75) is 0 Å². The van der Waals surface area contributed by atoms with E-state index in [4.69, 9.17) is 9.84 Å². The summed E-state index contributed by atoms with van der Waals surface area (Å²) in [6.07, 6.45) is 0. The maximum atomic E-state index is 13.9. The van der Waals surface area contributed by atoms with Crippen molar-refractivity contribution in [1.82, 2.24) is 0 Å². The largest absolute Gasteiger partial charge is 0.503 e. The maximum Gasteiger partial charge on any atom is 0.355 e. The first-order valence-electron chi connectivity index (χ1n) is 6.82. The van der Waals surface area contributed by atoms with Gasteiger partial charge >= 0.3 is 17.9 Å². The maximum absolute atomic E-state index is 13.9. The van der Waals surface area contributed by atoms with Gasteiger partial charge in [0.2, 0.25) is 0 Å². The molecule has 0 saturated heterocycles. The van der Waals surface area contributed by atoms with Crippen molar-refractivity contribution in [3.63, 3.8) is 0 Å². The lowest BCUT2D eigenvalue weighted by Crippen LogP contribution is -2.39. The van der Waals surface area contributed by atoms with Crippen LogP contribution in [0.2, 0.25) is 0 Å². The van der Waals surface area contributed by atoms with Crippen molar-refractivity contribution in [2.75, 3.05) is 32.5 Å². The normalized spacial score (nSPS) is 14.3. The van der Waals surface area contributed by atoms with Crippen LogP contribution in [-0.4, -0.2) is 55.7 Å². The fourth-order valence-electron chi connectivity index (χ4n) is 2.25. The van der Waals surface area contributed by atoms with E-state index in [1.807, 2.05) is 0 Å². The molecule has 0 aliphatic carbocycles. The Bertz CT molecular complexity index is 773. The lowest BCUT2D eigenvalue weighted by atomic mass is 10.1. The smallest absolute Gasteiger partial charge is 0.355 e. The fourth-order valence-corrected chi connectivity index (χ4v) is 2.25. The molecule has 10 heteroatoms. The summed E-state index contributed by atoms with van der Waals surface area (Å²) in [5, 5.41) is 19.0. The van der Waals surface area contributed by atoms with Crippen LogP contribution in [0.4, 0.5) is 10.1 Å². The molecule has 9 nitrogen and oxygen atoms in total. The Labute approximate surface area is 140 Å². The van der Waals surface area contributed by atoms with Gasteiger partial charge < -0.3 is 29.3 Å². The Morgan fingerprint density at radius 2 is 1.84 bits per heavy atom. The van der Waals surface area contributed by atoms with Crippen LogP contribution in [0.15, 0.2) is 23.4 Å². The number of carbonyl (C=O) groups is 3. The summed E-state index contributed by atoms with van der Waals surface area (Å²) in [4.78, 5) is 36.0. The van der Waals surface area contributed by atoms with Gasteiger partial charge in [0.25, 0.3) is 0 Å². The second kappa shape index (κ2) is 7.18. The molecule has 1 aromatic rings. The number of phenols is 1. The second-order valence-corrected chi connectivity index (χ2v) is 4.85. The van der Waals surface area contributed by atoms with Gasteiger partial charge in [0.1, 0.15) is 12.4 Å². The SMILES string of the molecule is COC(=O)C1=C(C(=O)OC)N(c2cc(C(=O)O)cc(F)c2O)COC1. The summed E-state index contributed by atoms with van der Waals surface area (Å²) >= 11 is 0.